The molecule has 0 fully saturated rings. The first-order valence-electron chi connectivity index (χ1n) is 6.99. The van der Waals surface area contributed by atoms with Gasteiger partial charge in [0.05, 0.1) is 28.9 Å². The van der Waals surface area contributed by atoms with Crippen LogP contribution in [0.3, 0.4) is 0 Å². The average molecular weight is 337 g/mol. The van der Waals surface area contributed by atoms with Crippen molar-refractivity contribution in [1.29, 1.82) is 0 Å². The van der Waals surface area contributed by atoms with Crippen molar-refractivity contribution in [2.75, 3.05) is 0 Å². The smallest absolute Gasteiger partial charge is 0.273 e. The van der Waals surface area contributed by atoms with Crippen LogP contribution >= 0.6 is 0 Å². The highest BCUT2D eigenvalue weighted by Gasteiger charge is 2.16. The number of nitrogens with zero attached hydrogens (tertiary/aromatic N) is 6. The quantitative estimate of drug-likeness (QED) is 0.475. The van der Waals surface area contributed by atoms with Gasteiger partial charge in [-0.2, -0.15) is 19.7 Å². The molecule has 10 nitrogen and oxygen atoms in total. The van der Waals surface area contributed by atoms with E-state index in [1.807, 2.05) is 0 Å². The highest BCUT2D eigenvalue weighted by molar-refractivity contribution is 5.83. The molecule has 0 saturated heterocycles. The molecule has 2 heterocycles. The van der Waals surface area contributed by atoms with E-state index in [1.165, 1.54) is 17.9 Å². The Hall–Kier alpha value is -3.11. The molecule has 0 aromatic carbocycles. The molecule has 0 unspecified atom stereocenters. The summed E-state index contributed by atoms with van der Waals surface area (Å²) in [5.74, 6) is -0.976. The van der Waals surface area contributed by atoms with E-state index < -0.39 is 16.8 Å². The lowest BCUT2D eigenvalue weighted by Gasteiger charge is -2.02. The minimum Gasteiger partial charge on any atom is -0.273 e. The van der Waals surface area contributed by atoms with Gasteiger partial charge in [0.2, 0.25) is 11.9 Å². The highest BCUT2D eigenvalue weighted by Crippen LogP contribution is 2.16. The molecule has 2 rings (SSSR count). The van der Waals surface area contributed by atoms with Crippen LogP contribution in [0, 0.1) is 29.9 Å². The zero-order chi connectivity index (χ0) is 17.9. The van der Waals surface area contributed by atoms with Gasteiger partial charge < -0.3 is 0 Å². The first kappa shape index (κ1) is 17.2. The van der Waals surface area contributed by atoms with Gasteiger partial charge in [0.25, 0.3) is 0 Å². The molecule has 0 aliphatic carbocycles. The molecule has 0 radical (unpaired) electrons. The third kappa shape index (κ3) is 3.62. The number of halogens is 1. The Balaban J connectivity index is 1.90. The van der Waals surface area contributed by atoms with Crippen LogP contribution in [0.4, 0.5) is 10.1 Å². The van der Waals surface area contributed by atoms with Gasteiger partial charge in [0, 0.05) is 13.5 Å². The van der Waals surface area contributed by atoms with Crippen molar-refractivity contribution in [1.82, 2.24) is 25.0 Å². The number of carbonyl (C=O) groups is 1. The summed E-state index contributed by atoms with van der Waals surface area (Å²) >= 11 is 0. The van der Waals surface area contributed by atoms with Crippen LogP contribution in [0.15, 0.2) is 11.3 Å². The second-order valence-corrected chi connectivity index (χ2v) is 5.05. The Morgan fingerprint density at radius 2 is 2.25 bits per heavy atom. The van der Waals surface area contributed by atoms with Gasteiger partial charge >= 0.3 is 5.69 Å². The van der Waals surface area contributed by atoms with Crippen LogP contribution in [-0.2, 0) is 18.4 Å². The lowest BCUT2D eigenvalue weighted by molar-refractivity contribution is -0.385. The first-order chi connectivity index (χ1) is 11.3. The van der Waals surface area contributed by atoms with Crippen molar-refractivity contribution in [3.05, 3.63) is 39.2 Å². The maximum absolute atomic E-state index is 13.7. The molecule has 0 spiro atoms. The molecular formula is C13H16FN7O3. The largest absolute Gasteiger partial charge is 0.309 e. The van der Waals surface area contributed by atoms with Crippen molar-refractivity contribution in [3.8, 4) is 0 Å². The number of carbonyl (C=O) groups excluding carboxylic acids is 1. The van der Waals surface area contributed by atoms with Crippen molar-refractivity contribution in [2.45, 2.75) is 26.8 Å². The normalized spacial score (nSPS) is 11.2. The fraction of sp³-hybridized carbons (Fsp3) is 0.385. The predicted molar refractivity (Wildman–Crippen MR) is 81.9 cm³/mol. The maximum Gasteiger partial charge on any atom is 0.309 e. The molecule has 1 N–H and O–H groups in total. The minimum atomic E-state index is -0.551. The van der Waals surface area contributed by atoms with Crippen LogP contribution in [-0.4, -0.2) is 36.6 Å². The van der Waals surface area contributed by atoms with Crippen LogP contribution in [0.1, 0.15) is 23.4 Å². The molecule has 11 heteroatoms. The lowest BCUT2D eigenvalue weighted by atomic mass is 10.3. The molecule has 1 amide bonds. The van der Waals surface area contributed by atoms with Gasteiger partial charge in [-0.25, -0.2) is 10.1 Å². The number of hydrogen-bond acceptors (Lipinski definition) is 6. The SMILES string of the molecule is Cc1nn(C)c(F)c1/C=N\NC(=O)CCn1ncc([N+](=O)[O-])c1C. The number of rotatable bonds is 6. The zero-order valence-corrected chi connectivity index (χ0v) is 13.4. The molecule has 0 bridgehead atoms. The van der Waals surface area contributed by atoms with E-state index in [-0.39, 0.29) is 24.2 Å². The molecule has 24 heavy (non-hydrogen) atoms. The average Bonchev–Trinajstić information content (AvgIpc) is 2.99. The van der Waals surface area contributed by atoms with E-state index >= 15 is 0 Å². The summed E-state index contributed by atoms with van der Waals surface area (Å²) in [6.07, 6.45) is 2.34. The molecule has 0 atom stereocenters. The molecule has 0 saturated carbocycles. The lowest BCUT2D eigenvalue weighted by Crippen LogP contribution is -2.20. The second kappa shape index (κ2) is 6.98. The second-order valence-electron chi connectivity index (χ2n) is 5.05. The summed E-state index contributed by atoms with van der Waals surface area (Å²) in [6.45, 7) is 3.34. The van der Waals surface area contributed by atoms with E-state index in [9.17, 15) is 19.3 Å². The van der Waals surface area contributed by atoms with Gasteiger partial charge in [-0.05, 0) is 13.8 Å². The number of amides is 1. The number of aromatic nitrogens is 4. The predicted octanol–water partition coefficient (Wildman–Crippen LogP) is 0.821. The number of hydrogen-bond donors (Lipinski definition) is 1. The van der Waals surface area contributed by atoms with Crippen LogP contribution in [0.2, 0.25) is 0 Å². The first-order valence-corrected chi connectivity index (χ1v) is 6.99. The molecular weight excluding hydrogens is 321 g/mol. The Labute approximate surface area is 136 Å². The standard InChI is InChI=1S/C13H16FN7O3/c1-8-10(13(14)19(3)18-8)6-15-17-12(22)4-5-20-9(2)11(7-16-20)21(23)24/h6-7H,4-5H2,1-3H3,(H,17,22)/b15-6-. The zero-order valence-electron chi connectivity index (χ0n) is 13.4. The maximum atomic E-state index is 13.7. The van der Waals surface area contributed by atoms with Crippen LogP contribution in [0.25, 0.3) is 0 Å². The summed E-state index contributed by atoms with van der Waals surface area (Å²) in [4.78, 5) is 21.9. The summed E-state index contributed by atoms with van der Waals surface area (Å²) in [5.41, 5.74) is 3.17. The van der Waals surface area contributed by atoms with E-state index in [0.717, 1.165) is 10.9 Å². The summed E-state index contributed by atoms with van der Waals surface area (Å²) < 4.78 is 16.1. The number of nitro groups is 1. The Bertz CT molecular complexity index is 809. The van der Waals surface area contributed by atoms with Gasteiger partial charge in [0.1, 0.15) is 11.9 Å². The molecule has 0 aliphatic heterocycles. The minimum absolute atomic E-state index is 0.0194. The highest BCUT2D eigenvalue weighted by atomic mass is 19.1. The van der Waals surface area contributed by atoms with Crippen molar-refractivity contribution >= 4 is 17.8 Å². The van der Waals surface area contributed by atoms with Crippen molar-refractivity contribution < 1.29 is 14.1 Å². The number of aryl methyl sites for hydroxylation is 3. The van der Waals surface area contributed by atoms with Gasteiger partial charge in [-0.15, -0.1) is 0 Å². The fourth-order valence-electron chi connectivity index (χ4n) is 2.07. The number of hydrazone groups is 1. The summed E-state index contributed by atoms with van der Waals surface area (Å²) in [6, 6.07) is 0. The Kier molecular flexibility index (Phi) is 5.02. The topological polar surface area (TPSA) is 120 Å². The van der Waals surface area contributed by atoms with Crippen LogP contribution < -0.4 is 5.43 Å². The van der Waals surface area contributed by atoms with E-state index in [2.05, 4.69) is 20.7 Å². The van der Waals surface area contributed by atoms with Gasteiger partial charge in [-0.3, -0.25) is 19.6 Å². The van der Waals surface area contributed by atoms with Crippen molar-refractivity contribution in [2.24, 2.45) is 12.1 Å². The van der Waals surface area contributed by atoms with Crippen LogP contribution in [0.5, 0.6) is 0 Å². The molecule has 128 valence electrons. The third-order valence-electron chi connectivity index (χ3n) is 3.40. The molecule has 2 aromatic heterocycles. The van der Waals surface area contributed by atoms with E-state index in [0.29, 0.717) is 11.4 Å². The summed E-state index contributed by atoms with van der Waals surface area (Å²) in [5, 5.41) is 22.2. The van der Waals surface area contributed by atoms with Gasteiger partial charge in [-0.1, -0.05) is 0 Å². The Morgan fingerprint density at radius 1 is 1.54 bits per heavy atom. The summed E-state index contributed by atoms with van der Waals surface area (Å²) in [7, 11) is 1.46. The molecule has 0 aliphatic rings. The third-order valence-corrected chi connectivity index (χ3v) is 3.40. The fourth-order valence-corrected chi connectivity index (χ4v) is 2.07. The number of nitrogens with one attached hydrogen (secondary N) is 1. The monoisotopic (exact) mass is 337 g/mol. The van der Waals surface area contributed by atoms with Crippen molar-refractivity contribution in [3.63, 3.8) is 0 Å². The van der Waals surface area contributed by atoms with E-state index in [1.54, 1.807) is 13.8 Å². The van der Waals surface area contributed by atoms with Gasteiger partial charge in [0.15, 0.2) is 0 Å². The Morgan fingerprint density at radius 3 is 2.79 bits per heavy atom. The molecule has 2 aromatic rings. The van der Waals surface area contributed by atoms with E-state index in [4.69, 9.17) is 0 Å².